The molecule has 0 radical (unpaired) electrons. The number of aliphatic hydroxyl groups excluding tert-OH is 1. The number of phosphoric ester groups is 2. The highest BCUT2D eigenvalue weighted by Crippen LogP contribution is 2.63. The lowest BCUT2D eigenvalue weighted by Gasteiger charge is -2.34. The normalized spacial score (nSPS) is 23.2. The Morgan fingerprint density at radius 1 is 1.07 bits per heavy atom. The van der Waals surface area contributed by atoms with Crippen LogP contribution in [0, 0.1) is 0 Å². The van der Waals surface area contributed by atoms with Gasteiger partial charge in [-0.15, -0.1) is 0 Å². The Morgan fingerprint density at radius 3 is 2.23 bits per heavy atom. The Kier molecular flexibility index (Phi) is 11.1. The zero-order chi connectivity index (χ0) is 32.2. The van der Waals surface area contributed by atoms with Crippen molar-refractivity contribution < 1.29 is 73.9 Å². The van der Waals surface area contributed by atoms with Crippen LogP contribution in [0.25, 0.3) is 0 Å². The lowest BCUT2D eigenvalue weighted by molar-refractivity contribution is -0.252. The molecule has 24 heteroatoms. The zero-order valence-electron chi connectivity index (χ0n) is 21.2. The Morgan fingerprint density at radius 2 is 1.65 bits per heavy atom. The molecular formula is C19H21F3N4O14P3-3. The highest BCUT2D eigenvalue weighted by atomic mass is 31.3. The molecule has 1 fully saturated rings. The van der Waals surface area contributed by atoms with Crippen molar-refractivity contribution in [2.24, 2.45) is 0 Å². The summed E-state index contributed by atoms with van der Waals surface area (Å²) in [6.45, 7) is -2.38. The fraction of sp³-hybridized carbons (Fsp3) is 0.421. The summed E-state index contributed by atoms with van der Waals surface area (Å²) >= 11 is 0. The van der Waals surface area contributed by atoms with Crippen molar-refractivity contribution >= 4 is 35.2 Å². The van der Waals surface area contributed by atoms with Gasteiger partial charge in [0.1, 0.15) is 18.1 Å². The number of alkyl halides is 3. The minimum absolute atomic E-state index is 0.0514. The van der Waals surface area contributed by atoms with E-state index in [1.54, 1.807) is 5.32 Å². The number of rotatable bonds is 13. The number of benzene rings is 1. The Labute approximate surface area is 239 Å². The van der Waals surface area contributed by atoms with Gasteiger partial charge in [-0.05, 0) is 17.2 Å². The van der Waals surface area contributed by atoms with Gasteiger partial charge in [-0.2, -0.15) is 18.2 Å². The minimum atomic E-state index is -6.20. The maximum Gasteiger partial charge on any atom is 0.471 e. The molecule has 43 heavy (non-hydrogen) atoms. The molecule has 1 aromatic heterocycles. The number of nitrogens with zero attached hydrogens (tertiary/aromatic N) is 2. The fourth-order valence-electron chi connectivity index (χ4n) is 3.34. The van der Waals surface area contributed by atoms with Crippen molar-refractivity contribution in [2.75, 3.05) is 12.3 Å². The number of halogens is 3. The molecule has 1 amide bonds. The number of hydrogen-bond acceptors (Lipinski definition) is 16. The topological polar surface area (TPSA) is 277 Å². The van der Waals surface area contributed by atoms with Crippen molar-refractivity contribution in [1.29, 1.82) is 0 Å². The van der Waals surface area contributed by atoms with E-state index in [0.29, 0.717) is 0 Å². The number of amides is 1. The Balaban J connectivity index is 1.48. The third kappa shape index (κ3) is 10.9. The van der Waals surface area contributed by atoms with Gasteiger partial charge in [0.05, 0.1) is 19.3 Å². The molecule has 1 aromatic carbocycles. The second-order valence-corrected chi connectivity index (χ2v) is 13.1. The van der Waals surface area contributed by atoms with Gasteiger partial charge in [0.25, 0.3) is 23.5 Å². The summed E-state index contributed by atoms with van der Waals surface area (Å²) in [4.78, 5) is 62.1. The summed E-state index contributed by atoms with van der Waals surface area (Å²) in [7, 11) is -17.8. The molecule has 240 valence electrons. The van der Waals surface area contributed by atoms with Gasteiger partial charge in [-0.25, -0.2) is 13.4 Å². The molecule has 2 aromatic rings. The molecule has 1 saturated heterocycles. The zero-order valence-corrected chi connectivity index (χ0v) is 23.9. The fourth-order valence-corrected chi connectivity index (χ4v) is 6.70. The summed E-state index contributed by atoms with van der Waals surface area (Å²) in [5.74, 6) is -2.27. The Bertz CT molecular complexity index is 1510. The van der Waals surface area contributed by atoms with E-state index in [-0.39, 0.29) is 23.4 Å². The summed E-state index contributed by atoms with van der Waals surface area (Å²) in [6, 6.07) is 6.01. The van der Waals surface area contributed by atoms with Crippen LogP contribution in [0.3, 0.4) is 0 Å². The molecule has 1 aliphatic heterocycles. The van der Waals surface area contributed by atoms with Crippen LogP contribution in [0.5, 0.6) is 0 Å². The Hall–Kier alpha value is -2.51. The molecule has 0 spiro atoms. The van der Waals surface area contributed by atoms with Gasteiger partial charge < -0.3 is 44.6 Å². The number of nitrogens with one attached hydrogen (secondary N) is 1. The maximum absolute atomic E-state index is 12.2. The summed E-state index contributed by atoms with van der Waals surface area (Å²) < 4.78 is 94.9. The monoisotopic (exact) mass is 679 g/mol. The van der Waals surface area contributed by atoms with E-state index in [1.165, 1.54) is 36.5 Å². The second-order valence-electron chi connectivity index (χ2n) is 8.55. The number of carbonyl (C=O) groups excluding carboxylic acids is 1. The summed E-state index contributed by atoms with van der Waals surface area (Å²) in [5, 5.41) is 11.7. The van der Waals surface area contributed by atoms with Gasteiger partial charge in [0, 0.05) is 19.2 Å². The van der Waals surface area contributed by atoms with Gasteiger partial charge in [0.2, 0.25) is 0 Å². The summed E-state index contributed by atoms with van der Waals surface area (Å²) in [6.07, 6.45) is -8.02. The highest BCUT2D eigenvalue weighted by molar-refractivity contribution is 7.65. The lowest BCUT2D eigenvalue weighted by Crippen LogP contribution is -2.36. The first kappa shape index (κ1) is 35.0. The number of aliphatic hydroxyl groups is 1. The quantitative estimate of drug-likeness (QED) is 0.221. The first-order valence-electron chi connectivity index (χ1n) is 11.5. The average molecular weight is 679 g/mol. The van der Waals surface area contributed by atoms with E-state index >= 15 is 0 Å². The third-order valence-electron chi connectivity index (χ3n) is 5.29. The summed E-state index contributed by atoms with van der Waals surface area (Å²) in [5.41, 5.74) is 4.79. The van der Waals surface area contributed by atoms with E-state index in [4.69, 9.17) is 10.5 Å². The van der Waals surface area contributed by atoms with Crippen LogP contribution >= 0.6 is 23.5 Å². The lowest BCUT2D eigenvalue weighted by atomic mass is 10.1. The molecule has 0 saturated carbocycles. The van der Waals surface area contributed by atoms with Crippen LogP contribution in [0.1, 0.15) is 23.8 Å². The van der Waals surface area contributed by atoms with E-state index in [2.05, 4.69) is 22.7 Å². The van der Waals surface area contributed by atoms with Crippen LogP contribution in [-0.4, -0.2) is 45.6 Å². The smallest absolute Gasteiger partial charge is 0.471 e. The van der Waals surface area contributed by atoms with Crippen molar-refractivity contribution in [2.45, 2.75) is 44.2 Å². The third-order valence-corrected chi connectivity index (χ3v) is 9.40. The SMILES string of the molecule is Nc1ccn([C@H]2C[C@@H](O)[C@@H](COP(=O)([O-])OP(=O)([O-])OP(=O)([O-])OCc3ccc(CNC(=O)C(F)(F)F)cc3)O2)c(=O)n1. The number of hydrogen-bond donors (Lipinski definition) is 3. The van der Waals surface area contributed by atoms with Gasteiger partial charge in [0.15, 0.2) is 0 Å². The van der Waals surface area contributed by atoms with E-state index in [9.17, 15) is 56.2 Å². The molecule has 4 N–H and O–H groups in total. The van der Waals surface area contributed by atoms with Crippen LogP contribution in [0.2, 0.25) is 0 Å². The van der Waals surface area contributed by atoms with E-state index in [0.717, 1.165) is 4.57 Å². The molecule has 3 unspecified atom stereocenters. The number of aromatic nitrogens is 2. The predicted octanol–water partition coefficient (Wildman–Crippen LogP) is -0.676. The number of anilines is 1. The second kappa shape index (κ2) is 13.6. The predicted molar refractivity (Wildman–Crippen MR) is 128 cm³/mol. The minimum Gasteiger partial charge on any atom is -0.756 e. The maximum atomic E-state index is 12.2. The van der Waals surface area contributed by atoms with Gasteiger partial charge in [-0.1, -0.05) is 24.3 Å². The van der Waals surface area contributed by atoms with Gasteiger partial charge in [-0.3, -0.25) is 23.1 Å². The molecular weight excluding hydrogens is 658 g/mol. The number of phosphoric acid groups is 3. The van der Waals surface area contributed by atoms with Crippen molar-refractivity contribution in [3.63, 3.8) is 0 Å². The van der Waals surface area contributed by atoms with Gasteiger partial charge >= 0.3 is 17.8 Å². The molecule has 3 rings (SSSR count). The standard InChI is InChI=1S/C19H24F3N4O14P3/c20-19(21,22)17(28)24-8-11-1-3-12(4-2-11)9-36-41(30,31)39-43(34,35)40-42(32,33)37-10-14-13(27)7-16(38-14)26-6-5-15(23)25-18(26)29/h1-6,13-14,16,27H,7-10H2,(H,24,28)(H,30,31)(H,32,33)(H,34,35)(H2,23,25,29)/p-3/t13-,14-,16-/m1/s1. The van der Waals surface area contributed by atoms with E-state index < -0.39 is 79.4 Å². The van der Waals surface area contributed by atoms with Crippen molar-refractivity contribution in [3.8, 4) is 0 Å². The number of nitrogens with two attached hydrogens (primary N) is 1. The molecule has 0 aliphatic carbocycles. The molecule has 1 aliphatic rings. The van der Waals surface area contributed by atoms with Crippen molar-refractivity contribution in [3.05, 3.63) is 58.1 Å². The number of nitrogen functional groups attached to an aromatic ring is 1. The first-order valence-corrected chi connectivity index (χ1v) is 15.9. The van der Waals surface area contributed by atoms with Crippen molar-refractivity contribution in [1.82, 2.24) is 14.9 Å². The highest BCUT2D eigenvalue weighted by Gasteiger charge is 2.38. The first-order chi connectivity index (χ1) is 19.8. The van der Waals surface area contributed by atoms with E-state index in [1.807, 2.05) is 0 Å². The van der Waals surface area contributed by atoms with Crippen LogP contribution in [0.15, 0.2) is 41.3 Å². The van der Waals surface area contributed by atoms with Crippen LogP contribution in [0.4, 0.5) is 19.0 Å². The number of ether oxygens (including phenoxy) is 1. The molecule has 6 atom stereocenters. The molecule has 2 heterocycles. The molecule has 18 nitrogen and oxygen atoms in total. The van der Waals surface area contributed by atoms with Crippen LogP contribution in [-0.2, 0) is 54.0 Å². The van der Waals surface area contributed by atoms with Crippen LogP contribution < -0.4 is 31.4 Å². The average Bonchev–Trinajstić information content (AvgIpc) is 3.23. The largest absolute Gasteiger partial charge is 0.756 e. The number of carbonyl (C=O) groups is 1. The molecule has 0 bridgehead atoms.